The molecule has 8 heteroatoms. The van der Waals surface area contributed by atoms with Crippen LogP contribution in [0.15, 0.2) is 84.4 Å². The number of nitrogens with one attached hydrogen (secondary N) is 1. The van der Waals surface area contributed by atoms with Crippen LogP contribution in [0.3, 0.4) is 0 Å². The van der Waals surface area contributed by atoms with Crippen molar-refractivity contribution in [3.63, 3.8) is 0 Å². The predicted octanol–water partition coefficient (Wildman–Crippen LogP) is 6.67. The predicted molar refractivity (Wildman–Crippen MR) is 147 cm³/mol. The summed E-state index contributed by atoms with van der Waals surface area (Å²) in [7, 11) is 1.53. The van der Waals surface area contributed by atoms with Gasteiger partial charge in [-0.15, -0.1) is 0 Å². The highest BCUT2D eigenvalue weighted by Gasteiger charge is 2.19. The molecule has 0 aromatic heterocycles. The number of hydrogen-bond acceptors (Lipinski definition) is 6. The van der Waals surface area contributed by atoms with Gasteiger partial charge in [-0.05, 0) is 66.4 Å². The van der Waals surface area contributed by atoms with E-state index in [2.05, 4.69) is 5.32 Å². The molecule has 1 N–H and O–H groups in total. The summed E-state index contributed by atoms with van der Waals surface area (Å²) in [5, 5.41) is 14.4. The van der Waals surface area contributed by atoms with E-state index < -0.39 is 11.9 Å². The number of ether oxygens (including phenoxy) is 3. The van der Waals surface area contributed by atoms with Crippen molar-refractivity contribution in [1.29, 1.82) is 5.26 Å². The average molecular weight is 527 g/mol. The maximum absolute atomic E-state index is 13.0. The number of benzene rings is 4. The van der Waals surface area contributed by atoms with Crippen molar-refractivity contribution < 1.29 is 23.8 Å². The molecule has 38 heavy (non-hydrogen) atoms. The van der Waals surface area contributed by atoms with E-state index in [1.807, 2.05) is 42.5 Å². The maximum atomic E-state index is 13.0. The highest BCUT2D eigenvalue weighted by atomic mass is 35.5. The lowest BCUT2D eigenvalue weighted by Crippen LogP contribution is -2.13. The number of anilines is 1. The van der Waals surface area contributed by atoms with Crippen molar-refractivity contribution in [2.75, 3.05) is 19.0 Å². The normalized spacial score (nSPS) is 10.9. The average Bonchev–Trinajstić information content (AvgIpc) is 2.93. The molecule has 0 aliphatic carbocycles. The summed E-state index contributed by atoms with van der Waals surface area (Å²) in [6.45, 7) is 2.03. The van der Waals surface area contributed by atoms with E-state index in [0.717, 1.165) is 10.8 Å². The number of carbonyl (C=O) groups is 2. The molecule has 4 aromatic rings. The zero-order chi connectivity index (χ0) is 27.1. The Morgan fingerprint density at radius 3 is 2.47 bits per heavy atom. The summed E-state index contributed by atoms with van der Waals surface area (Å²) in [6.07, 6.45) is 1.39. The quantitative estimate of drug-likeness (QED) is 0.119. The van der Waals surface area contributed by atoms with E-state index in [4.69, 9.17) is 25.8 Å². The summed E-state index contributed by atoms with van der Waals surface area (Å²) in [6, 6.07) is 24.5. The molecule has 0 fully saturated rings. The van der Waals surface area contributed by atoms with Crippen molar-refractivity contribution in [1.82, 2.24) is 0 Å². The second kappa shape index (κ2) is 12.0. The summed E-state index contributed by atoms with van der Waals surface area (Å²) >= 11 is 6.46. The third-order valence-corrected chi connectivity index (χ3v) is 5.85. The zero-order valence-electron chi connectivity index (χ0n) is 20.7. The molecule has 0 saturated carbocycles. The van der Waals surface area contributed by atoms with Crippen molar-refractivity contribution in [3.8, 4) is 23.3 Å². The van der Waals surface area contributed by atoms with E-state index >= 15 is 0 Å². The Bertz CT molecular complexity index is 1570. The first-order valence-electron chi connectivity index (χ1n) is 11.7. The zero-order valence-corrected chi connectivity index (χ0v) is 21.4. The molecule has 4 aromatic carbocycles. The molecule has 0 saturated heterocycles. The molecule has 0 aliphatic heterocycles. The van der Waals surface area contributed by atoms with Crippen LogP contribution >= 0.6 is 11.6 Å². The van der Waals surface area contributed by atoms with Crippen molar-refractivity contribution in [2.24, 2.45) is 0 Å². The van der Waals surface area contributed by atoms with Crippen LogP contribution in [0.25, 0.3) is 16.8 Å². The van der Waals surface area contributed by atoms with Gasteiger partial charge in [-0.25, -0.2) is 4.79 Å². The second-order valence-electron chi connectivity index (χ2n) is 8.03. The summed E-state index contributed by atoms with van der Waals surface area (Å²) in [5.74, 6) is -0.382. The van der Waals surface area contributed by atoms with Crippen LogP contribution in [0.1, 0.15) is 22.8 Å². The van der Waals surface area contributed by atoms with Crippen LogP contribution in [0, 0.1) is 11.3 Å². The number of carbonyl (C=O) groups excluding carboxylic acids is 2. The Morgan fingerprint density at radius 1 is 1.03 bits per heavy atom. The Labute approximate surface area is 224 Å². The highest BCUT2D eigenvalue weighted by Crippen LogP contribution is 2.38. The number of amides is 1. The Morgan fingerprint density at radius 2 is 1.76 bits per heavy atom. The van der Waals surface area contributed by atoms with Gasteiger partial charge in [0.25, 0.3) is 5.91 Å². The molecule has 190 valence electrons. The summed E-state index contributed by atoms with van der Waals surface area (Å²) < 4.78 is 16.3. The van der Waals surface area contributed by atoms with Gasteiger partial charge in [0.05, 0.1) is 24.3 Å². The lowest BCUT2D eigenvalue weighted by molar-refractivity contribution is -0.112. The molecule has 0 atom stereocenters. The largest absolute Gasteiger partial charge is 0.497 e. The van der Waals surface area contributed by atoms with Crippen LogP contribution in [0.5, 0.6) is 17.2 Å². The van der Waals surface area contributed by atoms with Gasteiger partial charge < -0.3 is 19.5 Å². The number of hydrogen-bond donors (Lipinski definition) is 1. The molecule has 1 amide bonds. The maximum Gasteiger partial charge on any atom is 0.343 e. The fourth-order valence-corrected chi connectivity index (χ4v) is 4.01. The number of fused-ring (bicyclic) bond motifs is 1. The fraction of sp³-hybridized carbons (Fsp3) is 0.100. The minimum absolute atomic E-state index is 0.0326. The standard InChI is InChI=1S/C30H23ClN2O5/c1-3-37-27-17-19(16-25(31)28(27)38-30(35)21-11-13-23(36-2)14-12-21)15-22(18-32)29(34)33-26-10-6-8-20-7-4-5-9-24(20)26/h4-17H,3H2,1-2H3,(H,33,34)/b22-15+. The number of halogens is 1. The highest BCUT2D eigenvalue weighted by molar-refractivity contribution is 6.32. The van der Waals surface area contributed by atoms with E-state index in [1.54, 1.807) is 43.3 Å². The number of esters is 1. The van der Waals surface area contributed by atoms with Gasteiger partial charge in [0.15, 0.2) is 11.5 Å². The number of rotatable bonds is 8. The van der Waals surface area contributed by atoms with Crippen molar-refractivity contribution >= 4 is 46.0 Å². The van der Waals surface area contributed by atoms with Crippen molar-refractivity contribution in [2.45, 2.75) is 6.92 Å². The molecule has 0 bridgehead atoms. The Balaban J connectivity index is 1.61. The van der Waals surface area contributed by atoms with Crippen LogP contribution in [-0.4, -0.2) is 25.6 Å². The molecule has 0 radical (unpaired) electrons. The van der Waals surface area contributed by atoms with Gasteiger partial charge in [-0.3, -0.25) is 4.79 Å². The van der Waals surface area contributed by atoms with Gasteiger partial charge >= 0.3 is 5.97 Å². The molecule has 4 rings (SSSR count). The van der Waals surface area contributed by atoms with Gasteiger partial charge in [0, 0.05) is 11.1 Å². The van der Waals surface area contributed by atoms with Crippen LogP contribution in [0.4, 0.5) is 5.69 Å². The topological polar surface area (TPSA) is 97.6 Å². The molecular formula is C30H23ClN2O5. The monoisotopic (exact) mass is 526 g/mol. The molecule has 0 aliphatic rings. The van der Waals surface area contributed by atoms with Gasteiger partial charge in [-0.1, -0.05) is 48.0 Å². The number of methoxy groups -OCH3 is 1. The first-order valence-corrected chi connectivity index (χ1v) is 12.0. The Hall–Kier alpha value is -4.80. The van der Waals surface area contributed by atoms with Gasteiger partial charge in [-0.2, -0.15) is 5.26 Å². The number of nitriles is 1. The fourth-order valence-electron chi connectivity index (χ4n) is 3.75. The lowest BCUT2D eigenvalue weighted by atomic mass is 10.1. The van der Waals surface area contributed by atoms with E-state index in [9.17, 15) is 14.9 Å². The molecule has 7 nitrogen and oxygen atoms in total. The third-order valence-electron chi connectivity index (χ3n) is 5.57. The third kappa shape index (κ3) is 5.94. The molecule has 0 spiro atoms. The minimum atomic E-state index is -0.633. The van der Waals surface area contributed by atoms with Crippen LogP contribution < -0.4 is 19.5 Å². The SMILES string of the molecule is CCOc1cc(/C=C(\C#N)C(=O)Nc2cccc3ccccc23)cc(Cl)c1OC(=O)c1ccc(OC)cc1. The van der Waals surface area contributed by atoms with Gasteiger partial charge in [0.1, 0.15) is 17.4 Å². The summed E-state index contributed by atoms with van der Waals surface area (Å²) in [4.78, 5) is 25.7. The second-order valence-corrected chi connectivity index (χ2v) is 8.44. The van der Waals surface area contributed by atoms with E-state index in [-0.39, 0.29) is 28.7 Å². The van der Waals surface area contributed by atoms with Crippen molar-refractivity contribution in [3.05, 3.63) is 101 Å². The van der Waals surface area contributed by atoms with Crippen LogP contribution in [0.2, 0.25) is 5.02 Å². The molecule has 0 unspecified atom stereocenters. The van der Waals surface area contributed by atoms with Crippen LogP contribution in [-0.2, 0) is 4.79 Å². The smallest absolute Gasteiger partial charge is 0.343 e. The van der Waals surface area contributed by atoms with E-state index in [0.29, 0.717) is 22.6 Å². The molecule has 0 heterocycles. The van der Waals surface area contributed by atoms with Gasteiger partial charge in [0.2, 0.25) is 0 Å². The van der Waals surface area contributed by atoms with E-state index in [1.165, 1.54) is 19.3 Å². The first-order chi connectivity index (χ1) is 18.4. The lowest BCUT2D eigenvalue weighted by Gasteiger charge is -2.14. The number of nitrogens with zero attached hydrogens (tertiary/aromatic N) is 1. The minimum Gasteiger partial charge on any atom is -0.497 e. The molecular weight excluding hydrogens is 504 g/mol. The summed E-state index contributed by atoms with van der Waals surface area (Å²) in [5.41, 5.74) is 1.17. The first kappa shape index (κ1) is 26.3. The Kier molecular flexibility index (Phi) is 8.27.